The molecule has 0 aliphatic carbocycles. The van der Waals surface area contributed by atoms with Gasteiger partial charge in [-0.3, -0.25) is 0 Å². The molecule has 0 unspecified atom stereocenters. The van der Waals surface area contributed by atoms with E-state index in [9.17, 15) is 0 Å². The molecule has 5 nitrogen and oxygen atoms in total. The number of nitrogens with zero attached hydrogens (tertiary/aromatic N) is 2. The van der Waals surface area contributed by atoms with Crippen LogP contribution in [0.4, 0.5) is 0 Å². The van der Waals surface area contributed by atoms with Crippen LogP contribution in [0.2, 0.25) is 0 Å². The van der Waals surface area contributed by atoms with Crippen LogP contribution >= 0.6 is 0 Å². The summed E-state index contributed by atoms with van der Waals surface area (Å²) >= 11 is 0. The molecule has 1 aromatic carbocycles. The van der Waals surface area contributed by atoms with E-state index in [1.165, 1.54) is 0 Å². The van der Waals surface area contributed by atoms with Crippen LogP contribution in [0.5, 0.6) is 0 Å². The van der Waals surface area contributed by atoms with Gasteiger partial charge in [-0.1, -0.05) is 22.4 Å². The highest BCUT2D eigenvalue weighted by molar-refractivity contribution is 6.46. The van der Waals surface area contributed by atoms with Crippen LogP contribution in [0.25, 0.3) is 0 Å². The van der Waals surface area contributed by atoms with Gasteiger partial charge in [0.2, 0.25) is 0 Å². The van der Waals surface area contributed by atoms with E-state index in [0.717, 1.165) is 11.1 Å². The summed E-state index contributed by atoms with van der Waals surface area (Å²) in [7, 11) is 0. The Morgan fingerprint density at radius 3 is 2.27 bits per heavy atom. The van der Waals surface area contributed by atoms with Gasteiger partial charge in [-0.15, -0.1) is 0 Å². The fourth-order valence-corrected chi connectivity index (χ4v) is 1.19. The van der Waals surface area contributed by atoms with Crippen LogP contribution in [0.15, 0.2) is 28.5 Å². The Morgan fingerprint density at radius 1 is 1.13 bits per heavy atom. The zero-order valence-electron chi connectivity index (χ0n) is 8.60. The normalized spacial score (nSPS) is 12.9. The first-order chi connectivity index (χ1) is 7.10. The maximum Gasteiger partial charge on any atom is 0.192 e. The Labute approximate surface area is 87.5 Å². The quantitative estimate of drug-likeness (QED) is 0.295. The first kappa shape index (κ1) is 11.0. The number of nitrogens with two attached hydrogens (primary N) is 1. The summed E-state index contributed by atoms with van der Waals surface area (Å²) in [5.74, 6) is -0.222. The van der Waals surface area contributed by atoms with Crippen LogP contribution in [0.1, 0.15) is 16.7 Å². The molecule has 0 amide bonds. The van der Waals surface area contributed by atoms with Gasteiger partial charge in [-0.05, 0) is 31.0 Å². The minimum atomic E-state index is -0.222. The third-order valence-electron chi connectivity index (χ3n) is 2.23. The largest absolute Gasteiger partial charge is 0.410 e. The van der Waals surface area contributed by atoms with Gasteiger partial charge in [0.25, 0.3) is 0 Å². The molecule has 80 valence electrons. The minimum Gasteiger partial charge on any atom is -0.410 e. The molecule has 0 fully saturated rings. The second-order valence-electron chi connectivity index (χ2n) is 3.23. The number of oxime groups is 2. The average Bonchev–Trinajstić information content (AvgIpc) is 2.24. The zero-order chi connectivity index (χ0) is 11.4. The molecule has 1 aromatic rings. The predicted octanol–water partition coefficient (Wildman–Crippen LogP) is 1.23. The van der Waals surface area contributed by atoms with Crippen LogP contribution in [-0.4, -0.2) is 22.0 Å². The number of hydrogen-bond donors (Lipinski definition) is 3. The fourth-order valence-electron chi connectivity index (χ4n) is 1.19. The van der Waals surface area contributed by atoms with Crippen molar-refractivity contribution >= 4 is 11.5 Å². The molecule has 0 spiro atoms. The highest BCUT2D eigenvalue weighted by Crippen LogP contribution is 2.10. The van der Waals surface area contributed by atoms with Gasteiger partial charge in [-0.2, -0.15) is 0 Å². The van der Waals surface area contributed by atoms with Gasteiger partial charge < -0.3 is 16.1 Å². The second-order valence-corrected chi connectivity index (χ2v) is 3.23. The summed E-state index contributed by atoms with van der Waals surface area (Å²) < 4.78 is 0. The third kappa shape index (κ3) is 2.25. The maximum absolute atomic E-state index is 8.76. The standard InChI is InChI=1S/C10H13N3O2/c1-6-3-4-8(5-7(6)2)9(12-14)10(11)13-15/h3-5,14-15H,1-2H3,(H2,11,13). The number of amidine groups is 1. The molecule has 0 bridgehead atoms. The number of aryl methyl sites for hydroxylation is 2. The van der Waals surface area contributed by atoms with Gasteiger partial charge >= 0.3 is 0 Å². The highest BCUT2D eigenvalue weighted by atomic mass is 16.4. The predicted molar refractivity (Wildman–Crippen MR) is 57.6 cm³/mol. The maximum atomic E-state index is 8.76. The van der Waals surface area contributed by atoms with Crippen molar-refractivity contribution in [2.24, 2.45) is 16.0 Å². The highest BCUT2D eigenvalue weighted by Gasteiger charge is 2.10. The molecule has 0 radical (unpaired) electrons. The van der Waals surface area contributed by atoms with Crippen molar-refractivity contribution in [1.29, 1.82) is 0 Å². The number of benzene rings is 1. The fraction of sp³-hybridized carbons (Fsp3) is 0.200. The Morgan fingerprint density at radius 2 is 1.80 bits per heavy atom. The summed E-state index contributed by atoms with van der Waals surface area (Å²) in [5.41, 5.74) is 8.18. The van der Waals surface area contributed by atoms with Crippen molar-refractivity contribution in [1.82, 2.24) is 0 Å². The molecule has 0 aliphatic rings. The van der Waals surface area contributed by atoms with E-state index >= 15 is 0 Å². The summed E-state index contributed by atoms with van der Waals surface area (Å²) in [4.78, 5) is 0. The molecule has 1 rings (SSSR count). The summed E-state index contributed by atoms with van der Waals surface area (Å²) in [5, 5.41) is 23.0. The van der Waals surface area contributed by atoms with Crippen molar-refractivity contribution in [3.05, 3.63) is 34.9 Å². The van der Waals surface area contributed by atoms with E-state index in [1.807, 2.05) is 26.0 Å². The van der Waals surface area contributed by atoms with Gasteiger partial charge in [0.15, 0.2) is 11.5 Å². The van der Waals surface area contributed by atoms with Crippen molar-refractivity contribution in [2.45, 2.75) is 13.8 Å². The van der Waals surface area contributed by atoms with E-state index in [-0.39, 0.29) is 11.5 Å². The van der Waals surface area contributed by atoms with E-state index in [2.05, 4.69) is 10.3 Å². The van der Waals surface area contributed by atoms with E-state index in [0.29, 0.717) is 5.56 Å². The van der Waals surface area contributed by atoms with Crippen LogP contribution in [0.3, 0.4) is 0 Å². The van der Waals surface area contributed by atoms with Gasteiger partial charge in [-0.25, -0.2) is 0 Å². The first-order valence-electron chi connectivity index (χ1n) is 4.37. The Kier molecular flexibility index (Phi) is 3.28. The van der Waals surface area contributed by atoms with Crippen molar-refractivity contribution < 1.29 is 10.4 Å². The van der Waals surface area contributed by atoms with E-state index < -0.39 is 0 Å². The summed E-state index contributed by atoms with van der Waals surface area (Å²) in [6.45, 7) is 3.90. The Balaban J connectivity index is 3.21. The molecule has 0 saturated carbocycles. The second kappa shape index (κ2) is 4.45. The number of rotatable bonds is 2. The smallest absolute Gasteiger partial charge is 0.192 e. The van der Waals surface area contributed by atoms with Crippen molar-refractivity contribution in [3.8, 4) is 0 Å². The SMILES string of the molecule is Cc1ccc(C(=NO)C(N)=NO)cc1C. The Bertz CT molecular complexity index is 425. The molecule has 0 aliphatic heterocycles. The van der Waals surface area contributed by atoms with Gasteiger partial charge in [0, 0.05) is 5.56 Å². The van der Waals surface area contributed by atoms with E-state index in [1.54, 1.807) is 6.07 Å². The van der Waals surface area contributed by atoms with Crippen LogP contribution in [-0.2, 0) is 0 Å². The lowest BCUT2D eigenvalue weighted by atomic mass is 10.0. The molecule has 0 saturated heterocycles. The molecule has 0 aromatic heterocycles. The van der Waals surface area contributed by atoms with Crippen LogP contribution < -0.4 is 5.73 Å². The zero-order valence-corrected chi connectivity index (χ0v) is 8.60. The molecular weight excluding hydrogens is 194 g/mol. The summed E-state index contributed by atoms with van der Waals surface area (Å²) in [6.07, 6.45) is 0. The minimum absolute atomic E-state index is 0.0561. The van der Waals surface area contributed by atoms with Crippen molar-refractivity contribution in [3.63, 3.8) is 0 Å². The van der Waals surface area contributed by atoms with E-state index in [4.69, 9.17) is 16.1 Å². The Hall–Kier alpha value is -2.04. The van der Waals surface area contributed by atoms with Gasteiger partial charge in [0.1, 0.15) is 0 Å². The van der Waals surface area contributed by atoms with Crippen molar-refractivity contribution in [2.75, 3.05) is 0 Å². The lowest BCUT2D eigenvalue weighted by Gasteiger charge is -2.05. The van der Waals surface area contributed by atoms with Gasteiger partial charge in [0.05, 0.1) is 0 Å². The third-order valence-corrected chi connectivity index (χ3v) is 2.23. The summed E-state index contributed by atoms with van der Waals surface area (Å²) in [6, 6.07) is 5.43. The average molecular weight is 207 g/mol. The number of hydrogen-bond acceptors (Lipinski definition) is 4. The molecular formula is C10H13N3O2. The molecule has 0 heterocycles. The molecule has 0 atom stereocenters. The lowest BCUT2D eigenvalue weighted by molar-refractivity contribution is 0.314. The topological polar surface area (TPSA) is 91.2 Å². The molecule has 15 heavy (non-hydrogen) atoms. The monoisotopic (exact) mass is 207 g/mol. The first-order valence-corrected chi connectivity index (χ1v) is 4.37. The molecule has 5 heteroatoms. The molecule has 4 N–H and O–H groups in total. The van der Waals surface area contributed by atoms with Crippen LogP contribution in [0, 0.1) is 13.8 Å². The lowest BCUT2D eigenvalue weighted by Crippen LogP contribution is -2.25.